The lowest BCUT2D eigenvalue weighted by Gasteiger charge is -2.33. The van der Waals surface area contributed by atoms with Crippen LogP contribution in [-0.4, -0.2) is 56.4 Å². The summed E-state index contributed by atoms with van der Waals surface area (Å²) in [6.45, 7) is 4.03. The number of carboxylic acid groups (broad SMARTS) is 1. The fourth-order valence-electron chi connectivity index (χ4n) is 6.53. The van der Waals surface area contributed by atoms with Crippen LogP contribution in [0, 0.1) is 37.5 Å². The van der Waals surface area contributed by atoms with E-state index in [1.165, 1.54) is 30.9 Å². The molecule has 0 bridgehead atoms. The summed E-state index contributed by atoms with van der Waals surface area (Å²) in [5, 5.41) is 35.6. The molecule has 2 aromatic carbocycles. The molecule has 4 atom stereocenters. The summed E-state index contributed by atoms with van der Waals surface area (Å²) < 4.78 is 14.7. The Bertz CT molecular complexity index is 2030. The highest BCUT2D eigenvalue weighted by atomic mass is 16.4. The largest absolute Gasteiger partial charge is 0.475 e. The second-order valence-electron chi connectivity index (χ2n) is 14.1. The Morgan fingerprint density at radius 3 is 1.38 bits per heavy atom. The highest BCUT2D eigenvalue weighted by Gasteiger charge is 2.35. The van der Waals surface area contributed by atoms with Crippen molar-refractivity contribution >= 4 is 17.8 Å². The molecule has 3 heterocycles. The first-order chi connectivity index (χ1) is 26.9. The van der Waals surface area contributed by atoms with Crippen LogP contribution in [0.3, 0.4) is 0 Å². The van der Waals surface area contributed by atoms with Gasteiger partial charge in [-0.05, 0) is 124 Å². The third-order valence-corrected chi connectivity index (χ3v) is 9.26. The molecule has 2 aliphatic rings. The second kappa shape index (κ2) is 19.4. The van der Waals surface area contributed by atoms with E-state index in [2.05, 4.69) is 38.7 Å². The highest BCUT2D eigenvalue weighted by Crippen LogP contribution is 2.29. The molecule has 290 valence electrons. The molecule has 2 fully saturated rings. The number of aliphatic hydroxyl groups is 2. The summed E-state index contributed by atoms with van der Waals surface area (Å²) in [5.41, 5.74) is 1.93. The SMILES string of the molecule is Cc1cccc(C#C[C@@]2(O)CCC[C@@H](NC(=O)c3ccco3)C2)c1.Cc1cccc(C#C[C@]2(O)CCC[C@H](NC(=O)c3ccco3)C2)c1.O=C(O)c1ccco1. The highest BCUT2D eigenvalue weighted by molar-refractivity contribution is 5.92. The lowest BCUT2D eigenvalue weighted by Crippen LogP contribution is -2.45. The minimum Gasteiger partial charge on any atom is -0.475 e. The lowest BCUT2D eigenvalue weighted by atomic mass is 9.82. The van der Waals surface area contributed by atoms with Gasteiger partial charge in [-0.15, -0.1) is 0 Å². The topological polar surface area (TPSA) is 175 Å². The Balaban J connectivity index is 0.000000179. The molecule has 0 unspecified atom stereocenters. The van der Waals surface area contributed by atoms with Crippen LogP contribution in [0.4, 0.5) is 0 Å². The van der Waals surface area contributed by atoms with Gasteiger partial charge in [0.2, 0.25) is 5.76 Å². The van der Waals surface area contributed by atoms with E-state index in [4.69, 9.17) is 13.9 Å². The Kier molecular flexibility index (Phi) is 14.1. The van der Waals surface area contributed by atoms with Crippen molar-refractivity contribution in [3.63, 3.8) is 0 Å². The maximum absolute atomic E-state index is 12.1. The molecular weight excluding hydrogens is 713 g/mol. The van der Waals surface area contributed by atoms with E-state index < -0.39 is 17.2 Å². The molecule has 7 rings (SSSR count). The van der Waals surface area contributed by atoms with Crippen molar-refractivity contribution < 1.29 is 43.0 Å². The van der Waals surface area contributed by atoms with Crippen molar-refractivity contribution in [3.05, 3.63) is 143 Å². The van der Waals surface area contributed by atoms with Gasteiger partial charge in [-0.3, -0.25) is 9.59 Å². The number of carbonyl (C=O) groups excluding carboxylic acids is 2. The van der Waals surface area contributed by atoms with E-state index in [9.17, 15) is 24.6 Å². The summed E-state index contributed by atoms with van der Waals surface area (Å²) in [6, 6.07) is 25.1. The number of amides is 2. The van der Waals surface area contributed by atoms with E-state index in [1.807, 2.05) is 62.4 Å². The molecular formula is C45H46N2O9. The molecule has 2 saturated carbocycles. The molecule has 0 aliphatic heterocycles. The monoisotopic (exact) mass is 758 g/mol. The average Bonchev–Trinajstić information content (AvgIpc) is 3.99. The molecule has 11 nitrogen and oxygen atoms in total. The summed E-state index contributed by atoms with van der Waals surface area (Å²) in [4.78, 5) is 34.1. The predicted molar refractivity (Wildman–Crippen MR) is 209 cm³/mol. The van der Waals surface area contributed by atoms with Crippen molar-refractivity contribution in [3.8, 4) is 23.7 Å². The first kappa shape index (κ1) is 40.9. The predicted octanol–water partition coefficient (Wildman–Crippen LogP) is 7.06. The zero-order valence-electron chi connectivity index (χ0n) is 31.4. The van der Waals surface area contributed by atoms with E-state index in [-0.39, 0.29) is 41.2 Å². The van der Waals surface area contributed by atoms with Gasteiger partial charge in [0.25, 0.3) is 11.8 Å². The number of hydrogen-bond acceptors (Lipinski definition) is 8. The smallest absolute Gasteiger partial charge is 0.371 e. The van der Waals surface area contributed by atoms with Crippen molar-refractivity contribution in [1.82, 2.24) is 10.6 Å². The number of nitrogens with one attached hydrogen (secondary N) is 2. The zero-order chi connectivity index (χ0) is 40.0. The first-order valence-corrected chi connectivity index (χ1v) is 18.5. The van der Waals surface area contributed by atoms with E-state index >= 15 is 0 Å². The van der Waals surface area contributed by atoms with Gasteiger partial charge in [-0.1, -0.05) is 47.9 Å². The number of hydrogen-bond donors (Lipinski definition) is 5. The maximum Gasteiger partial charge on any atom is 0.371 e. The number of aryl methyl sites for hydroxylation is 2. The molecule has 5 aromatic rings. The van der Waals surface area contributed by atoms with Gasteiger partial charge < -0.3 is 39.2 Å². The third-order valence-electron chi connectivity index (χ3n) is 9.26. The minimum atomic E-state index is -1.07. The standard InChI is InChI=1S/2C20H21NO3.C5H4O3/c2*1-15-5-2-6-16(13-15)9-11-20(23)10-3-7-17(14-20)21-19(22)18-8-4-12-24-18;6-5(7)4-2-1-3-8-4/h2*2,4-6,8,12-13,17,23H,3,7,10,14H2,1H3,(H,21,22);1-3H,(H,6,7)/t2*17-,20+;/m10./s1. The lowest BCUT2D eigenvalue weighted by molar-refractivity contribution is 0.0439. The van der Waals surface area contributed by atoms with Gasteiger partial charge >= 0.3 is 5.97 Å². The summed E-state index contributed by atoms with van der Waals surface area (Å²) in [7, 11) is 0. The molecule has 56 heavy (non-hydrogen) atoms. The molecule has 0 saturated heterocycles. The summed E-state index contributed by atoms with van der Waals surface area (Å²) in [5.74, 6) is 11.2. The Morgan fingerprint density at radius 2 is 1.04 bits per heavy atom. The van der Waals surface area contributed by atoms with E-state index in [0.29, 0.717) is 25.7 Å². The first-order valence-electron chi connectivity index (χ1n) is 18.5. The van der Waals surface area contributed by atoms with Crippen molar-refractivity contribution in [2.24, 2.45) is 0 Å². The summed E-state index contributed by atoms with van der Waals surface area (Å²) in [6.07, 6.45) is 9.68. The molecule has 2 aliphatic carbocycles. The van der Waals surface area contributed by atoms with Gasteiger partial charge in [0.15, 0.2) is 11.5 Å². The van der Waals surface area contributed by atoms with Crippen LogP contribution in [-0.2, 0) is 0 Å². The Labute approximate surface area is 326 Å². The number of carbonyl (C=O) groups is 3. The number of aromatic carboxylic acids is 1. The van der Waals surface area contributed by atoms with Gasteiger partial charge in [-0.2, -0.15) is 0 Å². The normalized spacial score (nSPS) is 21.1. The number of carboxylic acids is 1. The number of rotatable bonds is 5. The third kappa shape index (κ3) is 12.7. The van der Waals surface area contributed by atoms with Crippen LogP contribution in [0.25, 0.3) is 0 Å². The van der Waals surface area contributed by atoms with Crippen LogP contribution in [0.2, 0.25) is 0 Å². The molecule has 5 N–H and O–H groups in total. The molecule has 0 spiro atoms. The van der Waals surface area contributed by atoms with Gasteiger partial charge in [0.05, 0.1) is 18.8 Å². The molecule has 2 amide bonds. The summed E-state index contributed by atoms with van der Waals surface area (Å²) >= 11 is 0. The van der Waals surface area contributed by atoms with Crippen molar-refractivity contribution in [2.45, 2.75) is 88.5 Å². The minimum absolute atomic E-state index is 0.0231. The van der Waals surface area contributed by atoms with Gasteiger partial charge in [-0.25, -0.2) is 4.79 Å². The zero-order valence-corrected chi connectivity index (χ0v) is 31.4. The van der Waals surface area contributed by atoms with Gasteiger partial charge in [0.1, 0.15) is 11.2 Å². The fraction of sp³-hybridized carbons (Fsp3) is 0.311. The molecule has 0 radical (unpaired) electrons. The quantitative estimate of drug-likeness (QED) is 0.118. The van der Waals surface area contributed by atoms with Crippen LogP contribution < -0.4 is 10.6 Å². The van der Waals surface area contributed by atoms with Crippen LogP contribution in [0.1, 0.15) is 105 Å². The van der Waals surface area contributed by atoms with Crippen LogP contribution >= 0.6 is 0 Å². The molecule has 11 heteroatoms. The van der Waals surface area contributed by atoms with Crippen LogP contribution in [0.5, 0.6) is 0 Å². The van der Waals surface area contributed by atoms with E-state index in [0.717, 1.165) is 47.9 Å². The Morgan fingerprint density at radius 1 is 0.625 bits per heavy atom. The molecule has 3 aromatic heterocycles. The van der Waals surface area contributed by atoms with Crippen molar-refractivity contribution in [1.29, 1.82) is 0 Å². The fourth-order valence-corrected chi connectivity index (χ4v) is 6.53. The van der Waals surface area contributed by atoms with Crippen molar-refractivity contribution in [2.75, 3.05) is 0 Å². The van der Waals surface area contributed by atoms with Gasteiger partial charge in [0, 0.05) is 36.1 Å². The number of furan rings is 3. The average molecular weight is 759 g/mol. The van der Waals surface area contributed by atoms with E-state index in [1.54, 1.807) is 24.3 Å². The van der Waals surface area contributed by atoms with Crippen LogP contribution in [0.15, 0.2) is 117 Å². The second-order valence-corrected chi connectivity index (χ2v) is 14.1. The number of benzene rings is 2. The Hall–Kier alpha value is -6.27. The maximum atomic E-state index is 12.1.